The number of hydrogen-bond donors (Lipinski definition) is 0. The maximum Gasteiger partial charge on any atom is 0.505 e. The van der Waals surface area contributed by atoms with E-state index in [1.165, 1.54) is 41.8 Å². The van der Waals surface area contributed by atoms with Crippen LogP contribution < -0.4 is 4.78 Å². The average molecular weight is 322 g/mol. The van der Waals surface area contributed by atoms with Gasteiger partial charge < -0.3 is 9.31 Å². The Balaban J connectivity index is 2.00. The van der Waals surface area contributed by atoms with E-state index in [4.69, 9.17) is 9.31 Å². The number of rotatable bonds is 7. The molecular formula is C18H31BO2S. The van der Waals surface area contributed by atoms with E-state index in [1.54, 1.807) is 0 Å². The highest BCUT2D eigenvalue weighted by Crippen LogP contribution is 2.37. The van der Waals surface area contributed by atoms with Crippen LogP contribution in [0.15, 0.2) is 12.1 Å². The molecule has 1 fully saturated rings. The summed E-state index contributed by atoms with van der Waals surface area (Å²) in [6.45, 7) is 13.0. The predicted octanol–water partition coefficient (Wildman–Crippen LogP) is 4.81. The van der Waals surface area contributed by atoms with Gasteiger partial charge in [0, 0.05) is 9.65 Å². The summed E-state index contributed by atoms with van der Waals surface area (Å²) in [7, 11) is -0.209. The van der Waals surface area contributed by atoms with Crippen LogP contribution in [-0.4, -0.2) is 18.3 Å². The van der Waals surface area contributed by atoms with Gasteiger partial charge in [0.2, 0.25) is 0 Å². The third kappa shape index (κ3) is 3.96. The molecule has 1 aliphatic rings. The fourth-order valence-corrected chi connectivity index (χ4v) is 3.90. The van der Waals surface area contributed by atoms with E-state index < -0.39 is 0 Å². The summed E-state index contributed by atoms with van der Waals surface area (Å²) < 4.78 is 13.5. The zero-order chi connectivity index (χ0) is 16.4. The van der Waals surface area contributed by atoms with Crippen molar-refractivity contribution in [3.05, 3.63) is 17.0 Å². The van der Waals surface area contributed by atoms with Gasteiger partial charge in [0.1, 0.15) is 0 Å². The highest BCUT2D eigenvalue weighted by molar-refractivity contribution is 7.22. The minimum atomic E-state index is -0.255. The monoisotopic (exact) mass is 322 g/mol. The third-order valence-electron chi connectivity index (χ3n) is 5.20. The molecule has 0 N–H and O–H groups in total. The van der Waals surface area contributed by atoms with Crippen molar-refractivity contribution >= 4 is 23.2 Å². The molecule has 0 aliphatic carbocycles. The lowest BCUT2D eigenvalue weighted by molar-refractivity contribution is 0.00578. The van der Waals surface area contributed by atoms with Gasteiger partial charge in [-0.3, -0.25) is 0 Å². The van der Waals surface area contributed by atoms with Gasteiger partial charge in [0.15, 0.2) is 0 Å². The Hall–Kier alpha value is -0.315. The Morgan fingerprint density at radius 2 is 1.73 bits per heavy atom. The molecule has 1 aromatic heterocycles. The maximum atomic E-state index is 6.15. The molecule has 1 aromatic rings. The molecule has 2 rings (SSSR count). The van der Waals surface area contributed by atoms with Crippen molar-refractivity contribution in [1.29, 1.82) is 0 Å². The normalized spacial score (nSPS) is 21.3. The van der Waals surface area contributed by atoms with Crippen molar-refractivity contribution in [3.8, 4) is 0 Å². The van der Waals surface area contributed by atoms with Gasteiger partial charge in [-0.15, -0.1) is 11.3 Å². The van der Waals surface area contributed by atoms with Crippen LogP contribution in [0.25, 0.3) is 0 Å². The molecule has 0 aromatic carbocycles. The summed E-state index contributed by atoms with van der Waals surface area (Å²) >= 11 is 1.86. The summed E-state index contributed by atoms with van der Waals surface area (Å²) in [6.07, 6.45) is 6.44. The zero-order valence-corrected chi connectivity index (χ0v) is 15.9. The highest BCUT2D eigenvalue weighted by atomic mass is 32.1. The Kier molecular flexibility index (Phi) is 5.79. The minimum Gasteiger partial charge on any atom is -0.399 e. The van der Waals surface area contributed by atoms with Crippen molar-refractivity contribution in [1.82, 2.24) is 0 Å². The van der Waals surface area contributed by atoms with E-state index in [0.29, 0.717) is 0 Å². The first-order valence-corrected chi connectivity index (χ1v) is 9.55. The topological polar surface area (TPSA) is 18.5 Å². The Bertz CT molecular complexity index is 465. The lowest BCUT2D eigenvalue weighted by Gasteiger charge is -2.32. The minimum absolute atomic E-state index is 0.209. The first kappa shape index (κ1) is 18.0. The van der Waals surface area contributed by atoms with Crippen LogP contribution in [0.1, 0.15) is 72.1 Å². The number of thiophene rings is 1. The van der Waals surface area contributed by atoms with Gasteiger partial charge in [-0.05, 0) is 46.1 Å². The molecule has 0 saturated carbocycles. The predicted molar refractivity (Wildman–Crippen MR) is 97.0 cm³/mol. The number of unbranched alkanes of at least 4 members (excludes halogenated alkanes) is 1. The fraction of sp³-hybridized carbons (Fsp3) is 0.778. The standard InChI is InChI=1S/C18H31BO2S/c1-7-9-10-14(8-2)13-15-11-12-16(22-15)19-20-17(3,4)18(5,6)21-19/h11-12,14H,7-10,13H2,1-6H3. The van der Waals surface area contributed by atoms with Crippen molar-refractivity contribution in [2.75, 3.05) is 0 Å². The SMILES string of the molecule is CCCCC(CC)Cc1ccc(B2OC(C)(C)C(C)(C)O2)s1. The molecular weight excluding hydrogens is 291 g/mol. The molecule has 0 amide bonds. The summed E-state index contributed by atoms with van der Waals surface area (Å²) in [5.74, 6) is 0.810. The van der Waals surface area contributed by atoms with Gasteiger partial charge in [-0.25, -0.2) is 0 Å². The van der Waals surface area contributed by atoms with Crippen LogP contribution in [0, 0.1) is 5.92 Å². The van der Waals surface area contributed by atoms with Crippen molar-refractivity contribution in [3.63, 3.8) is 0 Å². The quantitative estimate of drug-likeness (QED) is 0.671. The Morgan fingerprint density at radius 3 is 2.27 bits per heavy atom. The van der Waals surface area contributed by atoms with Crippen LogP contribution in [0.5, 0.6) is 0 Å². The lowest BCUT2D eigenvalue weighted by atomic mass is 9.88. The van der Waals surface area contributed by atoms with E-state index in [2.05, 4.69) is 53.7 Å². The van der Waals surface area contributed by atoms with E-state index in [9.17, 15) is 0 Å². The molecule has 1 atom stereocenters. The van der Waals surface area contributed by atoms with E-state index in [-0.39, 0.29) is 18.3 Å². The van der Waals surface area contributed by atoms with Gasteiger partial charge in [0.05, 0.1) is 11.2 Å². The van der Waals surface area contributed by atoms with E-state index in [0.717, 1.165) is 5.92 Å². The molecule has 2 heterocycles. The summed E-state index contributed by atoms with van der Waals surface area (Å²) in [6, 6.07) is 4.45. The third-order valence-corrected chi connectivity index (χ3v) is 6.33. The van der Waals surface area contributed by atoms with Crippen molar-refractivity contribution in [2.45, 2.75) is 84.8 Å². The maximum absolute atomic E-state index is 6.15. The second kappa shape index (κ2) is 7.06. The molecule has 1 unspecified atom stereocenters. The summed E-state index contributed by atoms with van der Waals surface area (Å²) in [4.78, 5) is 1.47. The molecule has 22 heavy (non-hydrogen) atoms. The van der Waals surface area contributed by atoms with Crippen LogP contribution in [0.3, 0.4) is 0 Å². The van der Waals surface area contributed by atoms with Gasteiger partial charge in [-0.2, -0.15) is 0 Å². The van der Waals surface area contributed by atoms with E-state index in [1.807, 2.05) is 11.3 Å². The summed E-state index contributed by atoms with van der Waals surface area (Å²) in [5.41, 5.74) is -0.510. The Morgan fingerprint density at radius 1 is 1.09 bits per heavy atom. The molecule has 0 radical (unpaired) electrons. The second-order valence-electron chi connectivity index (χ2n) is 7.51. The van der Waals surface area contributed by atoms with Crippen molar-refractivity contribution < 1.29 is 9.31 Å². The molecule has 124 valence electrons. The molecule has 0 bridgehead atoms. The van der Waals surface area contributed by atoms with Gasteiger partial charge >= 0.3 is 7.12 Å². The second-order valence-corrected chi connectivity index (χ2v) is 8.71. The van der Waals surface area contributed by atoms with Crippen LogP contribution in [-0.2, 0) is 15.7 Å². The largest absolute Gasteiger partial charge is 0.505 e. The lowest BCUT2D eigenvalue weighted by Crippen LogP contribution is -2.41. The van der Waals surface area contributed by atoms with E-state index >= 15 is 0 Å². The first-order valence-electron chi connectivity index (χ1n) is 8.73. The smallest absolute Gasteiger partial charge is 0.399 e. The zero-order valence-electron chi connectivity index (χ0n) is 15.1. The van der Waals surface area contributed by atoms with Crippen LogP contribution in [0.2, 0.25) is 0 Å². The van der Waals surface area contributed by atoms with Gasteiger partial charge in [0.25, 0.3) is 0 Å². The fourth-order valence-electron chi connectivity index (χ4n) is 2.82. The van der Waals surface area contributed by atoms with Crippen LogP contribution in [0.4, 0.5) is 0 Å². The number of hydrogen-bond acceptors (Lipinski definition) is 3. The van der Waals surface area contributed by atoms with Gasteiger partial charge in [-0.1, -0.05) is 45.6 Å². The van der Waals surface area contributed by atoms with Crippen LogP contribution >= 0.6 is 11.3 Å². The summed E-state index contributed by atoms with van der Waals surface area (Å²) in [5, 5.41) is 0. The van der Waals surface area contributed by atoms with Crippen molar-refractivity contribution in [2.24, 2.45) is 5.92 Å². The highest BCUT2D eigenvalue weighted by Gasteiger charge is 2.52. The molecule has 2 nitrogen and oxygen atoms in total. The molecule has 1 saturated heterocycles. The first-order chi connectivity index (χ1) is 10.3. The molecule has 4 heteroatoms. The molecule has 0 spiro atoms. The molecule has 1 aliphatic heterocycles. The average Bonchev–Trinajstić information content (AvgIpc) is 2.98. The Labute approximate surface area is 140 Å².